The van der Waals surface area contributed by atoms with Crippen molar-refractivity contribution in [2.75, 3.05) is 26.7 Å². The third-order valence-corrected chi connectivity index (χ3v) is 7.28. The van der Waals surface area contributed by atoms with E-state index in [0.29, 0.717) is 29.6 Å². The molecule has 158 valence electrons. The summed E-state index contributed by atoms with van der Waals surface area (Å²) in [5.41, 5.74) is 1.78. The van der Waals surface area contributed by atoms with Gasteiger partial charge in [-0.1, -0.05) is 18.6 Å². The van der Waals surface area contributed by atoms with Gasteiger partial charge in [-0.3, -0.25) is 9.69 Å². The highest BCUT2D eigenvalue weighted by molar-refractivity contribution is 5.92. The second kappa shape index (κ2) is 8.34. The summed E-state index contributed by atoms with van der Waals surface area (Å²) in [4.78, 5) is 18.0. The van der Waals surface area contributed by atoms with Crippen LogP contribution in [0.15, 0.2) is 42.6 Å². The molecule has 2 aromatic rings. The Morgan fingerprint density at radius 2 is 2.07 bits per heavy atom. The summed E-state index contributed by atoms with van der Waals surface area (Å²) >= 11 is 0. The number of hydrogen-bond donors (Lipinski definition) is 0. The van der Waals surface area contributed by atoms with Gasteiger partial charge in [0.2, 0.25) is 0 Å². The Hall–Kier alpha value is -2.47. The van der Waals surface area contributed by atoms with Crippen LogP contribution in [-0.4, -0.2) is 64.7 Å². The molecule has 30 heavy (non-hydrogen) atoms. The highest BCUT2D eigenvalue weighted by atomic mass is 16.5. The fraction of sp³-hybridized carbons (Fsp3) is 0.542. The van der Waals surface area contributed by atoms with Crippen LogP contribution >= 0.6 is 0 Å². The zero-order valence-corrected chi connectivity index (χ0v) is 17.6. The number of methoxy groups -OCH3 is 1. The van der Waals surface area contributed by atoms with E-state index in [1.807, 2.05) is 11.0 Å². The van der Waals surface area contributed by atoms with Crippen molar-refractivity contribution in [2.24, 2.45) is 11.8 Å². The SMILES string of the molecule is COc1cccc(C[C@H]2[C@H]3C[C@H](CN(C(=O)c4cccnn4)C3)[C@@H]3CCCCN32)c1. The quantitative estimate of drug-likeness (QED) is 0.781. The fourth-order valence-electron chi connectivity index (χ4n) is 5.97. The van der Waals surface area contributed by atoms with E-state index < -0.39 is 0 Å². The van der Waals surface area contributed by atoms with Crippen molar-refractivity contribution in [3.63, 3.8) is 0 Å². The van der Waals surface area contributed by atoms with Gasteiger partial charge < -0.3 is 9.64 Å². The van der Waals surface area contributed by atoms with Gasteiger partial charge in [-0.15, -0.1) is 5.10 Å². The number of ether oxygens (including phenoxy) is 1. The second-order valence-corrected chi connectivity index (χ2v) is 9.00. The number of hydrogen-bond acceptors (Lipinski definition) is 5. The van der Waals surface area contributed by atoms with Gasteiger partial charge in [0.1, 0.15) is 5.75 Å². The third kappa shape index (κ3) is 3.69. The van der Waals surface area contributed by atoms with Gasteiger partial charge in [-0.25, -0.2) is 0 Å². The van der Waals surface area contributed by atoms with Crippen LogP contribution in [-0.2, 0) is 6.42 Å². The maximum atomic E-state index is 13.1. The van der Waals surface area contributed by atoms with Crippen molar-refractivity contribution in [3.05, 3.63) is 53.9 Å². The summed E-state index contributed by atoms with van der Waals surface area (Å²) in [5.74, 6) is 2.00. The highest BCUT2D eigenvalue weighted by Gasteiger charge is 2.47. The Labute approximate surface area is 178 Å². The molecule has 1 aromatic carbocycles. The van der Waals surface area contributed by atoms with Crippen LogP contribution in [0.3, 0.4) is 0 Å². The zero-order chi connectivity index (χ0) is 20.5. The minimum Gasteiger partial charge on any atom is -0.497 e. The molecule has 0 spiro atoms. The van der Waals surface area contributed by atoms with E-state index in [4.69, 9.17) is 4.74 Å². The standard InChI is InChI=1S/C24H30N4O2/c1-30-20-7-4-6-17(12-20)13-23-19-14-18(22-9-2-3-11-28(22)23)15-27(16-19)24(29)21-8-5-10-25-26-21/h4-8,10,12,18-19,22-23H,2-3,9,11,13-16H2,1H3/t18-,19+,22+,23+/m1/s1. The number of aromatic nitrogens is 2. The lowest BCUT2D eigenvalue weighted by Crippen LogP contribution is -2.64. The van der Waals surface area contributed by atoms with E-state index in [2.05, 4.69) is 33.3 Å². The molecule has 1 amide bonds. The molecule has 1 aromatic heterocycles. The number of likely N-dealkylation sites (tertiary alicyclic amines) is 1. The Morgan fingerprint density at radius 3 is 2.90 bits per heavy atom. The number of carbonyl (C=O) groups is 1. The van der Waals surface area contributed by atoms with E-state index in [0.717, 1.165) is 25.3 Å². The molecule has 6 heteroatoms. The van der Waals surface area contributed by atoms with Gasteiger partial charge >= 0.3 is 0 Å². The lowest BCUT2D eigenvalue weighted by molar-refractivity contribution is -0.0643. The Balaban J connectivity index is 1.41. The summed E-state index contributed by atoms with van der Waals surface area (Å²) < 4.78 is 5.45. The molecule has 3 fully saturated rings. The maximum Gasteiger partial charge on any atom is 0.274 e. The van der Waals surface area contributed by atoms with Gasteiger partial charge in [0.25, 0.3) is 5.91 Å². The van der Waals surface area contributed by atoms with E-state index in [-0.39, 0.29) is 5.91 Å². The van der Waals surface area contributed by atoms with Crippen molar-refractivity contribution in [3.8, 4) is 5.75 Å². The number of piperidine rings is 3. The van der Waals surface area contributed by atoms with Crippen LogP contribution in [0, 0.1) is 11.8 Å². The third-order valence-electron chi connectivity index (χ3n) is 7.28. The van der Waals surface area contributed by atoms with Crippen molar-refractivity contribution < 1.29 is 9.53 Å². The van der Waals surface area contributed by atoms with Crippen LogP contribution in [0.2, 0.25) is 0 Å². The van der Waals surface area contributed by atoms with Crippen LogP contribution in [0.4, 0.5) is 0 Å². The van der Waals surface area contributed by atoms with Gasteiger partial charge in [0.15, 0.2) is 5.69 Å². The number of nitrogens with zero attached hydrogens (tertiary/aromatic N) is 4. The van der Waals surface area contributed by atoms with Crippen molar-refractivity contribution in [1.29, 1.82) is 0 Å². The summed E-state index contributed by atoms with van der Waals surface area (Å²) in [7, 11) is 1.72. The molecule has 3 saturated heterocycles. The maximum absolute atomic E-state index is 13.1. The molecule has 0 saturated carbocycles. The average Bonchev–Trinajstić information content (AvgIpc) is 2.82. The first-order chi connectivity index (χ1) is 14.7. The van der Waals surface area contributed by atoms with Crippen LogP contribution in [0.5, 0.6) is 5.75 Å². The molecule has 3 aliphatic heterocycles. The average molecular weight is 407 g/mol. The molecule has 0 N–H and O–H groups in total. The minimum absolute atomic E-state index is 0.0298. The molecular formula is C24H30N4O2. The van der Waals surface area contributed by atoms with E-state index in [9.17, 15) is 4.79 Å². The van der Waals surface area contributed by atoms with E-state index in [1.165, 1.54) is 37.8 Å². The molecule has 3 aliphatic rings. The first-order valence-corrected chi connectivity index (χ1v) is 11.2. The topological polar surface area (TPSA) is 58.6 Å². The number of fused-ring (bicyclic) bond motifs is 4. The highest BCUT2D eigenvalue weighted by Crippen LogP contribution is 2.42. The predicted molar refractivity (Wildman–Crippen MR) is 114 cm³/mol. The molecule has 0 unspecified atom stereocenters. The van der Waals surface area contributed by atoms with E-state index >= 15 is 0 Å². The Kier molecular flexibility index (Phi) is 5.42. The number of amides is 1. The van der Waals surface area contributed by atoms with Crippen molar-refractivity contribution in [2.45, 2.75) is 44.2 Å². The molecule has 5 rings (SSSR count). The lowest BCUT2D eigenvalue weighted by atomic mass is 9.71. The summed E-state index contributed by atoms with van der Waals surface area (Å²) in [6.45, 7) is 2.84. The van der Waals surface area contributed by atoms with E-state index in [1.54, 1.807) is 25.4 Å². The molecule has 4 heterocycles. The molecule has 6 nitrogen and oxygen atoms in total. The van der Waals surface area contributed by atoms with Crippen molar-refractivity contribution >= 4 is 5.91 Å². The molecule has 2 bridgehead atoms. The first kappa shape index (κ1) is 19.5. The van der Waals surface area contributed by atoms with Crippen LogP contribution < -0.4 is 4.74 Å². The number of carbonyl (C=O) groups excluding carboxylic acids is 1. The molecule has 0 radical (unpaired) electrons. The van der Waals surface area contributed by atoms with Crippen molar-refractivity contribution in [1.82, 2.24) is 20.0 Å². The minimum atomic E-state index is 0.0298. The summed E-state index contributed by atoms with van der Waals surface area (Å²) in [5, 5.41) is 7.98. The molecular weight excluding hydrogens is 376 g/mol. The Bertz CT molecular complexity index is 890. The predicted octanol–water partition coefficient (Wildman–Crippen LogP) is 3.04. The Morgan fingerprint density at radius 1 is 1.17 bits per heavy atom. The van der Waals surface area contributed by atoms with Crippen LogP contribution in [0.1, 0.15) is 41.7 Å². The van der Waals surface area contributed by atoms with Gasteiger partial charge in [-0.05, 0) is 73.9 Å². The fourth-order valence-corrected chi connectivity index (χ4v) is 5.97. The zero-order valence-electron chi connectivity index (χ0n) is 17.6. The second-order valence-electron chi connectivity index (χ2n) is 9.00. The normalized spacial score (nSPS) is 28.6. The first-order valence-electron chi connectivity index (χ1n) is 11.2. The number of rotatable bonds is 4. The monoisotopic (exact) mass is 406 g/mol. The lowest BCUT2D eigenvalue weighted by Gasteiger charge is -2.57. The largest absolute Gasteiger partial charge is 0.497 e. The van der Waals surface area contributed by atoms with Gasteiger partial charge in [0.05, 0.1) is 7.11 Å². The molecule has 4 atom stereocenters. The smallest absolute Gasteiger partial charge is 0.274 e. The number of benzene rings is 1. The summed E-state index contributed by atoms with van der Waals surface area (Å²) in [6, 6.07) is 13.1. The van der Waals surface area contributed by atoms with Gasteiger partial charge in [-0.2, -0.15) is 5.10 Å². The molecule has 0 aliphatic carbocycles. The van der Waals surface area contributed by atoms with Crippen LogP contribution in [0.25, 0.3) is 0 Å². The van der Waals surface area contributed by atoms with Gasteiger partial charge in [0, 0.05) is 31.4 Å². The summed E-state index contributed by atoms with van der Waals surface area (Å²) in [6.07, 6.45) is 7.68.